The van der Waals surface area contributed by atoms with Gasteiger partial charge < -0.3 is 20.2 Å². The molecule has 0 aliphatic heterocycles. The molecule has 0 saturated carbocycles. The van der Waals surface area contributed by atoms with Gasteiger partial charge in [-0.15, -0.1) is 24.8 Å². The molecule has 2 aromatic rings. The molecule has 8 heteroatoms. The minimum absolute atomic E-state index is 0. The minimum atomic E-state index is -0.649. The summed E-state index contributed by atoms with van der Waals surface area (Å²) >= 11 is 0. The fourth-order valence-electron chi connectivity index (χ4n) is 1.85. The predicted octanol–water partition coefficient (Wildman–Crippen LogP) is 1.08. The Morgan fingerprint density at radius 1 is 1.52 bits per heavy atom. The molecule has 0 aromatic carbocycles. The van der Waals surface area contributed by atoms with Gasteiger partial charge in [0, 0.05) is 19.5 Å². The third kappa shape index (κ3) is 4.86. The number of nitrogens with one attached hydrogen (secondary N) is 1. The number of hydrogen-bond acceptors (Lipinski definition) is 4. The van der Waals surface area contributed by atoms with Gasteiger partial charge >= 0.3 is 0 Å². The summed E-state index contributed by atoms with van der Waals surface area (Å²) in [5.74, 6) is -0.240. The summed E-state index contributed by atoms with van der Waals surface area (Å²) in [5, 5.41) is 2.74. The fraction of sp³-hybridized carbons (Fsp3) is 0.385. The zero-order chi connectivity index (χ0) is 13.8. The van der Waals surface area contributed by atoms with Crippen molar-refractivity contribution in [1.82, 2.24) is 14.7 Å². The van der Waals surface area contributed by atoms with Crippen molar-refractivity contribution in [3.63, 3.8) is 0 Å². The van der Waals surface area contributed by atoms with Crippen LogP contribution in [0.25, 0.3) is 5.65 Å². The number of nitrogens with two attached hydrogens (primary N) is 1. The lowest BCUT2D eigenvalue weighted by molar-refractivity contribution is -0.123. The first-order valence-electron chi connectivity index (χ1n) is 6.07. The Hall–Kier alpha value is -1.34. The first kappa shape index (κ1) is 19.7. The Labute approximate surface area is 135 Å². The lowest BCUT2D eigenvalue weighted by atomic mass is 10.3. The third-order valence-electron chi connectivity index (χ3n) is 2.85. The van der Waals surface area contributed by atoms with E-state index in [9.17, 15) is 4.79 Å². The first-order chi connectivity index (χ1) is 9.11. The van der Waals surface area contributed by atoms with Crippen molar-refractivity contribution in [3.05, 3.63) is 35.8 Å². The lowest BCUT2D eigenvalue weighted by Gasteiger charge is -2.09. The summed E-state index contributed by atoms with van der Waals surface area (Å²) in [6.45, 7) is 2.56. The number of methoxy groups -OCH3 is 1. The molecule has 0 bridgehead atoms. The van der Waals surface area contributed by atoms with Crippen LogP contribution in [0.15, 0.2) is 24.5 Å². The van der Waals surface area contributed by atoms with E-state index in [4.69, 9.17) is 10.5 Å². The Balaban J connectivity index is 0.00000200. The van der Waals surface area contributed by atoms with Crippen LogP contribution in [0.3, 0.4) is 0 Å². The summed E-state index contributed by atoms with van der Waals surface area (Å²) in [6, 6.07) is 3.31. The van der Waals surface area contributed by atoms with Crippen molar-refractivity contribution in [2.24, 2.45) is 5.73 Å². The highest BCUT2D eigenvalue weighted by molar-refractivity contribution is 5.85. The number of nitrogens with zero attached hydrogens (tertiary/aromatic N) is 2. The van der Waals surface area contributed by atoms with Crippen LogP contribution in [0.5, 0.6) is 0 Å². The first-order valence-corrected chi connectivity index (χ1v) is 6.07. The van der Waals surface area contributed by atoms with Crippen molar-refractivity contribution in [1.29, 1.82) is 0 Å². The van der Waals surface area contributed by atoms with E-state index in [2.05, 4.69) is 10.3 Å². The maximum Gasteiger partial charge on any atom is 0.239 e. The van der Waals surface area contributed by atoms with Gasteiger partial charge in [-0.1, -0.05) is 6.07 Å². The van der Waals surface area contributed by atoms with Gasteiger partial charge in [0.1, 0.15) is 11.7 Å². The highest BCUT2D eigenvalue weighted by atomic mass is 35.5. The number of fused-ring (bicyclic) bond motifs is 1. The van der Waals surface area contributed by atoms with Crippen LogP contribution in [0.1, 0.15) is 11.3 Å². The van der Waals surface area contributed by atoms with Gasteiger partial charge in [-0.25, -0.2) is 4.98 Å². The molecule has 1 atom stereocenters. The number of amides is 1. The number of imidazole rings is 1. The topological polar surface area (TPSA) is 81.6 Å². The fourth-order valence-corrected chi connectivity index (χ4v) is 1.85. The van der Waals surface area contributed by atoms with Crippen molar-refractivity contribution in [2.75, 3.05) is 13.7 Å². The summed E-state index contributed by atoms with van der Waals surface area (Å²) < 4.78 is 6.77. The van der Waals surface area contributed by atoms with Crippen LogP contribution in [0, 0.1) is 6.92 Å². The Morgan fingerprint density at radius 2 is 2.24 bits per heavy atom. The molecule has 0 spiro atoms. The standard InChI is InChI=1S/C13H18N4O2.2ClH/c1-9-4-3-5-17-7-10(16-12(9)17)6-15-13(18)11(14)8-19-2;;/h3-5,7,11H,6,8,14H2,1-2H3,(H,15,18);2*1H. The molecule has 0 fully saturated rings. The number of halogens is 2. The van der Waals surface area contributed by atoms with E-state index >= 15 is 0 Å². The second-order valence-corrected chi connectivity index (χ2v) is 4.43. The van der Waals surface area contributed by atoms with E-state index in [1.807, 2.05) is 35.9 Å². The summed E-state index contributed by atoms with van der Waals surface area (Å²) in [5.41, 5.74) is 8.42. The Bertz CT molecular complexity index is 589. The van der Waals surface area contributed by atoms with Crippen LogP contribution in [0.4, 0.5) is 0 Å². The van der Waals surface area contributed by atoms with Crippen molar-refractivity contribution < 1.29 is 9.53 Å². The molecular weight excluding hydrogens is 315 g/mol. The van der Waals surface area contributed by atoms with Gasteiger partial charge in [0.15, 0.2) is 0 Å². The zero-order valence-electron chi connectivity index (χ0n) is 11.9. The average molecular weight is 335 g/mol. The predicted molar refractivity (Wildman–Crippen MR) is 86.1 cm³/mol. The number of hydrogen-bond donors (Lipinski definition) is 2. The van der Waals surface area contributed by atoms with Crippen LogP contribution in [0.2, 0.25) is 0 Å². The molecule has 21 heavy (non-hydrogen) atoms. The number of carbonyl (C=O) groups is 1. The molecule has 2 aromatic heterocycles. The number of ether oxygens (including phenoxy) is 1. The van der Waals surface area contributed by atoms with Gasteiger partial charge in [-0.3, -0.25) is 4.79 Å². The molecule has 118 valence electrons. The molecule has 0 radical (unpaired) electrons. The smallest absolute Gasteiger partial charge is 0.239 e. The molecule has 3 N–H and O–H groups in total. The maximum atomic E-state index is 11.6. The van der Waals surface area contributed by atoms with Crippen LogP contribution in [-0.4, -0.2) is 35.1 Å². The molecule has 6 nitrogen and oxygen atoms in total. The van der Waals surface area contributed by atoms with E-state index in [1.54, 1.807) is 0 Å². The minimum Gasteiger partial charge on any atom is -0.383 e. The van der Waals surface area contributed by atoms with E-state index in [0.717, 1.165) is 16.9 Å². The van der Waals surface area contributed by atoms with Crippen molar-refractivity contribution in [3.8, 4) is 0 Å². The number of carbonyl (C=O) groups excluding carboxylic acids is 1. The van der Waals surface area contributed by atoms with Gasteiger partial charge in [0.25, 0.3) is 0 Å². The third-order valence-corrected chi connectivity index (χ3v) is 2.85. The van der Waals surface area contributed by atoms with E-state index in [0.29, 0.717) is 6.54 Å². The van der Waals surface area contributed by atoms with Gasteiger partial charge in [-0.05, 0) is 18.6 Å². The molecule has 2 heterocycles. The zero-order valence-corrected chi connectivity index (χ0v) is 13.5. The van der Waals surface area contributed by atoms with Gasteiger partial charge in [0.05, 0.1) is 18.8 Å². The molecular formula is C13H20Cl2N4O2. The lowest BCUT2D eigenvalue weighted by Crippen LogP contribution is -2.43. The van der Waals surface area contributed by atoms with Crippen molar-refractivity contribution in [2.45, 2.75) is 19.5 Å². The molecule has 0 aliphatic carbocycles. The number of pyridine rings is 1. The molecule has 0 aliphatic rings. The number of aryl methyl sites for hydroxylation is 1. The quantitative estimate of drug-likeness (QED) is 0.857. The molecule has 2 rings (SSSR count). The second kappa shape index (κ2) is 8.84. The largest absolute Gasteiger partial charge is 0.383 e. The number of rotatable bonds is 5. The molecule has 1 unspecified atom stereocenters. The molecule has 0 saturated heterocycles. The van der Waals surface area contributed by atoms with E-state index in [-0.39, 0.29) is 37.3 Å². The van der Waals surface area contributed by atoms with Crippen molar-refractivity contribution >= 4 is 36.4 Å². The van der Waals surface area contributed by atoms with Crippen LogP contribution < -0.4 is 11.1 Å². The molecule has 1 amide bonds. The van der Waals surface area contributed by atoms with Gasteiger partial charge in [-0.2, -0.15) is 0 Å². The van der Waals surface area contributed by atoms with E-state index in [1.165, 1.54) is 7.11 Å². The Kier molecular flexibility index (Phi) is 8.27. The van der Waals surface area contributed by atoms with Crippen LogP contribution >= 0.6 is 24.8 Å². The average Bonchev–Trinajstić information content (AvgIpc) is 2.80. The maximum absolute atomic E-state index is 11.6. The second-order valence-electron chi connectivity index (χ2n) is 4.43. The summed E-state index contributed by atoms with van der Waals surface area (Å²) in [7, 11) is 1.51. The normalized spacial score (nSPS) is 11.4. The SMILES string of the molecule is COCC(N)C(=O)NCc1cn2cccc(C)c2n1.Cl.Cl. The highest BCUT2D eigenvalue weighted by Crippen LogP contribution is 2.09. The number of aromatic nitrogens is 2. The monoisotopic (exact) mass is 334 g/mol. The van der Waals surface area contributed by atoms with E-state index < -0.39 is 6.04 Å². The highest BCUT2D eigenvalue weighted by Gasteiger charge is 2.13. The van der Waals surface area contributed by atoms with Gasteiger partial charge in [0.2, 0.25) is 5.91 Å². The summed E-state index contributed by atoms with van der Waals surface area (Å²) in [4.78, 5) is 16.1. The Morgan fingerprint density at radius 3 is 2.86 bits per heavy atom. The summed E-state index contributed by atoms with van der Waals surface area (Å²) in [6.07, 6.45) is 3.82. The van der Waals surface area contributed by atoms with Crippen LogP contribution in [-0.2, 0) is 16.1 Å².